The highest BCUT2D eigenvalue weighted by Gasteiger charge is 2.46. The lowest BCUT2D eigenvalue weighted by molar-refractivity contribution is -0.137. The second-order valence-corrected chi connectivity index (χ2v) is 10.5. The second kappa shape index (κ2) is 10.3. The number of hydrogen-bond donors (Lipinski definition) is 0. The van der Waals surface area contributed by atoms with Crippen molar-refractivity contribution in [3.05, 3.63) is 99.1 Å². The van der Waals surface area contributed by atoms with Crippen molar-refractivity contribution in [2.24, 2.45) is 0 Å². The van der Waals surface area contributed by atoms with Crippen molar-refractivity contribution < 1.29 is 22.4 Å². The molecule has 2 aromatic carbocycles. The van der Waals surface area contributed by atoms with Crippen LogP contribution in [-0.2, 0) is 11.6 Å². The Balaban J connectivity index is 1.28. The van der Waals surface area contributed by atoms with E-state index in [9.17, 15) is 22.4 Å². The fraction of sp³-hybridized carbons (Fsp3) is 0.286. The normalized spacial score (nSPS) is 17.4. The third-order valence-corrected chi connectivity index (χ3v) is 7.74. The number of carbonyl (C=O) groups is 1. The molecule has 0 saturated carbocycles. The standard InChI is InChI=1S/C28H23Cl2F4N3O/c29-21-5-6-24-22(16-21)27(17-37(24)26(38)19-7-10-35-25(30)14-19)8-12-36(13-9-27)11-1-2-18-3-4-20(15-23(18)31)28(32,33)34/h1-7,10,14-16H,8-9,11-13,17H2/b2-1+. The molecule has 3 aromatic rings. The van der Waals surface area contributed by atoms with E-state index in [1.807, 2.05) is 12.1 Å². The molecule has 0 aliphatic carbocycles. The molecule has 1 spiro atoms. The Morgan fingerprint density at radius 1 is 1.05 bits per heavy atom. The zero-order valence-corrected chi connectivity index (χ0v) is 21.6. The summed E-state index contributed by atoms with van der Waals surface area (Å²) < 4.78 is 52.5. The SMILES string of the molecule is O=C(c1ccnc(Cl)c1)N1CC2(CCN(C/C=C/c3ccc(C(F)(F)F)cc3F)CC2)c2cc(Cl)ccc21. The van der Waals surface area contributed by atoms with Crippen LogP contribution < -0.4 is 4.90 Å². The summed E-state index contributed by atoms with van der Waals surface area (Å²) in [7, 11) is 0. The maximum atomic E-state index is 14.1. The van der Waals surface area contributed by atoms with Crippen molar-refractivity contribution in [1.29, 1.82) is 0 Å². The van der Waals surface area contributed by atoms with E-state index in [0.29, 0.717) is 29.7 Å². The molecule has 10 heteroatoms. The van der Waals surface area contributed by atoms with Gasteiger partial charge in [0, 0.05) is 46.5 Å². The summed E-state index contributed by atoms with van der Waals surface area (Å²) in [6.07, 6.45) is 1.75. The van der Waals surface area contributed by atoms with Gasteiger partial charge in [-0.05, 0) is 74.0 Å². The smallest absolute Gasteiger partial charge is 0.307 e. The van der Waals surface area contributed by atoms with Gasteiger partial charge in [-0.2, -0.15) is 13.2 Å². The van der Waals surface area contributed by atoms with Gasteiger partial charge in [0.25, 0.3) is 5.91 Å². The minimum Gasteiger partial charge on any atom is -0.307 e. The number of pyridine rings is 1. The largest absolute Gasteiger partial charge is 0.416 e. The molecule has 3 heterocycles. The number of amides is 1. The first-order valence-electron chi connectivity index (χ1n) is 12.0. The number of fused-ring (bicyclic) bond motifs is 2. The number of nitrogens with zero attached hydrogens (tertiary/aromatic N) is 3. The lowest BCUT2D eigenvalue weighted by Crippen LogP contribution is -2.46. The summed E-state index contributed by atoms with van der Waals surface area (Å²) in [6.45, 7) is 2.50. The van der Waals surface area contributed by atoms with Crippen LogP contribution in [0.2, 0.25) is 10.2 Å². The predicted molar refractivity (Wildman–Crippen MR) is 140 cm³/mol. The number of carbonyl (C=O) groups excluding carboxylic acids is 1. The Hall–Kier alpha value is -2.94. The van der Waals surface area contributed by atoms with Crippen LogP contribution in [0.15, 0.2) is 60.8 Å². The lowest BCUT2D eigenvalue weighted by atomic mass is 9.74. The number of piperidine rings is 1. The van der Waals surface area contributed by atoms with Gasteiger partial charge in [0.1, 0.15) is 11.0 Å². The van der Waals surface area contributed by atoms with Gasteiger partial charge in [0.2, 0.25) is 0 Å². The number of rotatable bonds is 4. The molecular formula is C28H23Cl2F4N3O. The highest BCUT2D eigenvalue weighted by Crippen LogP contribution is 2.48. The summed E-state index contributed by atoms with van der Waals surface area (Å²) in [5.41, 5.74) is 1.17. The Labute approximate surface area is 227 Å². The van der Waals surface area contributed by atoms with Gasteiger partial charge < -0.3 is 4.90 Å². The van der Waals surface area contributed by atoms with Crippen molar-refractivity contribution in [3.63, 3.8) is 0 Å². The predicted octanol–water partition coefficient (Wildman–Crippen LogP) is 7.25. The van der Waals surface area contributed by atoms with E-state index in [1.54, 1.807) is 29.2 Å². The van der Waals surface area contributed by atoms with Crippen LogP contribution in [0.5, 0.6) is 0 Å². The molecule has 0 radical (unpaired) electrons. The molecule has 1 saturated heterocycles. The van der Waals surface area contributed by atoms with E-state index >= 15 is 0 Å². The van der Waals surface area contributed by atoms with Crippen LogP contribution in [-0.4, -0.2) is 42.0 Å². The Morgan fingerprint density at radius 2 is 1.82 bits per heavy atom. The lowest BCUT2D eigenvalue weighted by Gasteiger charge is -2.39. The molecule has 1 fully saturated rings. The topological polar surface area (TPSA) is 36.4 Å². The Kier molecular flexibility index (Phi) is 7.24. The monoisotopic (exact) mass is 563 g/mol. The number of alkyl halides is 3. The third kappa shape index (κ3) is 5.30. The van der Waals surface area contributed by atoms with Gasteiger partial charge >= 0.3 is 6.18 Å². The molecule has 1 aromatic heterocycles. The van der Waals surface area contributed by atoms with Gasteiger partial charge in [-0.3, -0.25) is 9.69 Å². The Morgan fingerprint density at radius 3 is 2.50 bits per heavy atom. The van der Waals surface area contributed by atoms with Gasteiger partial charge in [0.15, 0.2) is 0 Å². The molecule has 5 rings (SSSR count). The molecule has 1 amide bonds. The number of likely N-dealkylation sites (tertiary alicyclic amines) is 1. The highest BCUT2D eigenvalue weighted by molar-refractivity contribution is 6.31. The molecule has 0 atom stereocenters. The maximum absolute atomic E-state index is 14.1. The summed E-state index contributed by atoms with van der Waals surface area (Å²) in [5, 5.41) is 0.854. The van der Waals surface area contributed by atoms with E-state index in [-0.39, 0.29) is 22.0 Å². The molecule has 198 valence electrons. The second-order valence-electron chi connectivity index (χ2n) is 9.64. The van der Waals surface area contributed by atoms with Crippen molar-refractivity contribution in [3.8, 4) is 0 Å². The number of halogens is 6. The first-order valence-corrected chi connectivity index (χ1v) is 12.8. The first kappa shape index (κ1) is 26.7. The minimum atomic E-state index is -4.58. The van der Waals surface area contributed by atoms with Crippen molar-refractivity contribution >= 4 is 40.9 Å². The van der Waals surface area contributed by atoms with E-state index < -0.39 is 17.6 Å². The fourth-order valence-corrected chi connectivity index (χ4v) is 5.62. The van der Waals surface area contributed by atoms with E-state index in [1.165, 1.54) is 12.3 Å². The summed E-state index contributed by atoms with van der Waals surface area (Å²) in [4.78, 5) is 21.3. The van der Waals surface area contributed by atoms with E-state index in [0.717, 1.165) is 49.3 Å². The van der Waals surface area contributed by atoms with E-state index in [4.69, 9.17) is 23.2 Å². The quantitative estimate of drug-likeness (QED) is 0.248. The van der Waals surface area contributed by atoms with Gasteiger partial charge in [-0.25, -0.2) is 9.37 Å². The highest BCUT2D eigenvalue weighted by atomic mass is 35.5. The number of benzene rings is 2. The van der Waals surface area contributed by atoms with Gasteiger partial charge in [0.05, 0.1) is 5.56 Å². The van der Waals surface area contributed by atoms with Crippen LogP contribution in [0.4, 0.5) is 23.2 Å². The molecule has 0 bridgehead atoms. The molecule has 2 aliphatic heterocycles. The van der Waals surface area contributed by atoms with Crippen LogP contribution in [0.1, 0.15) is 39.9 Å². The summed E-state index contributed by atoms with van der Waals surface area (Å²) in [5.74, 6) is -1.06. The zero-order valence-electron chi connectivity index (χ0n) is 20.1. The van der Waals surface area contributed by atoms with Crippen LogP contribution in [0.3, 0.4) is 0 Å². The Bertz CT molecular complexity index is 1400. The number of aromatic nitrogens is 1. The van der Waals surface area contributed by atoms with Gasteiger partial charge in [-0.1, -0.05) is 41.4 Å². The van der Waals surface area contributed by atoms with Crippen molar-refractivity contribution in [2.75, 3.05) is 31.1 Å². The molecule has 4 nitrogen and oxygen atoms in total. The first-order chi connectivity index (χ1) is 18.1. The molecular weight excluding hydrogens is 541 g/mol. The molecule has 2 aliphatic rings. The molecule has 0 unspecified atom stereocenters. The number of anilines is 1. The molecule has 38 heavy (non-hydrogen) atoms. The van der Waals surface area contributed by atoms with Gasteiger partial charge in [-0.15, -0.1) is 0 Å². The van der Waals surface area contributed by atoms with Crippen LogP contribution in [0, 0.1) is 5.82 Å². The van der Waals surface area contributed by atoms with Crippen LogP contribution in [0.25, 0.3) is 6.08 Å². The fourth-order valence-electron chi connectivity index (χ4n) is 5.27. The summed E-state index contributed by atoms with van der Waals surface area (Å²) >= 11 is 12.4. The van der Waals surface area contributed by atoms with Crippen molar-refractivity contribution in [2.45, 2.75) is 24.4 Å². The maximum Gasteiger partial charge on any atom is 0.416 e. The third-order valence-electron chi connectivity index (χ3n) is 7.30. The molecule has 0 N–H and O–H groups in total. The van der Waals surface area contributed by atoms with E-state index in [2.05, 4.69) is 9.88 Å². The summed E-state index contributed by atoms with van der Waals surface area (Å²) in [6, 6.07) is 11.3. The average molecular weight is 564 g/mol. The van der Waals surface area contributed by atoms with Crippen LogP contribution >= 0.6 is 23.2 Å². The van der Waals surface area contributed by atoms with Crippen molar-refractivity contribution in [1.82, 2.24) is 9.88 Å². The zero-order chi connectivity index (χ0) is 27.1. The minimum absolute atomic E-state index is 0.108. The number of hydrogen-bond acceptors (Lipinski definition) is 3. The average Bonchev–Trinajstić information content (AvgIpc) is 3.18.